The average Bonchev–Trinajstić information content (AvgIpc) is 2.42. The van der Waals surface area contributed by atoms with E-state index in [1.807, 2.05) is 24.3 Å². The molecule has 4 rings (SSSR count). The molecule has 84 valence electrons. The van der Waals surface area contributed by atoms with Crippen molar-refractivity contribution >= 4 is 32.8 Å². The molecule has 0 saturated carbocycles. The van der Waals surface area contributed by atoms with Gasteiger partial charge in [-0.1, -0.05) is 6.07 Å². The van der Waals surface area contributed by atoms with Gasteiger partial charge < -0.3 is 0 Å². The topological polar surface area (TPSA) is 38.7 Å². The second-order valence-corrected chi connectivity index (χ2v) is 4.28. The van der Waals surface area contributed by atoms with Gasteiger partial charge in [0.25, 0.3) is 0 Å². The highest BCUT2D eigenvalue weighted by Gasteiger charge is 2.02. The smallest absolute Gasteiger partial charge is 0.159 e. The number of rotatable bonds is 0. The molecular formula is C15H9N3. The SMILES string of the molecule is c1cnc2cc3nc4ncccc4cc3cc2c1. The Morgan fingerprint density at radius 3 is 2.39 bits per heavy atom. The van der Waals surface area contributed by atoms with Gasteiger partial charge in [0, 0.05) is 28.6 Å². The monoisotopic (exact) mass is 231 g/mol. The number of hydrogen-bond acceptors (Lipinski definition) is 3. The highest BCUT2D eigenvalue weighted by molar-refractivity contribution is 5.98. The van der Waals surface area contributed by atoms with E-state index >= 15 is 0 Å². The Bertz CT molecular complexity index is 740. The van der Waals surface area contributed by atoms with Crippen molar-refractivity contribution in [1.29, 1.82) is 0 Å². The minimum absolute atomic E-state index is 0.778. The van der Waals surface area contributed by atoms with Crippen molar-refractivity contribution in [3.8, 4) is 0 Å². The van der Waals surface area contributed by atoms with Gasteiger partial charge >= 0.3 is 0 Å². The van der Waals surface area contributed by atoms with E-state index in [0.29, 0.717) is 0 Å². The van der Waals surface area contributed by atoms with Crippen molar-refractivity contribution in [1.82, 2.24) is 15.0 Å². The molecule has 3 heterocycles. The maximum Gasteiger partial charge on any atom is 0.159 e. The van der Waals surface area contributed by atoms with E-state index in [-0.39, 0.29) is 0 Å². The Morgan fingerprint density at radius 1 is 0.667 bits per heavy atom. The van der Waals surface area contributed by atoms with Crippen molar-refractivity contribution in [3.63, 3.8) is 0 Å². The van der Waals surface area contributed by atoms with Crippen LogP contribution in [-0.4, -0.2) is 15.0 Å². The van der Waals surface area contributed by atoms with Crippen LogP contribution >= 0.6 is 0 Å². The molecule has 0 N–H and O–H groups in total. The second-order valence-electron chi connectivity index (χ2n) is 4.28. The third-order valence-electron chi connectivity index (χ3n) is 3.11. The van der Waals surface area contributed by atoms with Gasteiger partial charge in [0.15, 0.2) is 5.65 Å². The molecule has 0 spiro atoms. The van der Waals surface area contributed by atoms with Gasteiger partial charge in [0.05, 0.1) is 11.0 Å². The molecule has 3 aromatic heterocycles. The first-order valence-electron chi connectivity index (χ1n) is 5.80. The maximum absolute atomic E-state index is 4.58. The predicted octanol–water partition coefficient (Wildman–Crippen LogP) is 3.33. The van der Waals surface area contributed by atoms with E-state index in [1.165, 1.54) is 0 Å². The lowest BCUT2D eigenvalue weighted by molar-refractivity contribution is 1.32. The summed E-state index contributed by atoms with van der Waals surface area (Å²) in [6.45, 7) is 0. The van der Waals surface area contributed by atoms with E-state index in [4.69, 9.17) is 0 Å². The van der Waals surface area contributed by atoms with Crippen molar-refractivity contribution in [2.75, 3.05) is 0 Å². The van der Waals surface area contributed by atoms with Crippen LogP contribution in [0.3, 0.4) is 0 Å². The van der Waals surface area contributed by atoms with Gasteiger partial charge in [-0.15, -0.1) is 0 Å². The van der Waals surface area contributed by atoms with Crippen LogP contribution in [-0.2, 0) is 0 Å². The van der Waals surface area contributed by atoms with Crippen LogP contribution < -0.4 is 0 Å². The molecule has 4 aromatic rings. The molecule has 0 unspecified atom stereocenters. The molecule has 0 fully saturated rings. The van der Waals surface area contributed by atoms with Crippen molar-refractivity contribution in [2.45, 2.75) is 0 Å². The number of aromatic nitrogens is 3. The van der Waals surface area contributed by atoms with Crippen molar-refractivity contribution in [3.05, 3.63) is 54.9 Å². The summed E-state index contributed by atoms with van der Waals surface area (Å²) in [6.07, 6.45) is 3.56. The second kappa shape index (κ2) is 3.47. The Hall–Kier alpha value is -2.55. The molecule has 0 aliphatic rings. The molecule has 0 aliphatic carbocycles. The number of hydrogen-bond donors (Lipinski definition) is 0. The highest BCUT2D eigenvalue weighted by Crippen LogP contribution is 2.22. The molecule has 0 amide bonds. The third-order valence-corrected chi connectivity index (χ3v) is 3.11. The van der Waals surface area contributed by atoms with E-state index in [9.17, 15) is 0 Å². The van der Waals surface area contributed by atoms with Gasteiger partial charge in [-0.25, -0.2) is 9.97 Å². The lowest BCUT2D eigenvalue weighted by atomic mass is 10.1. The molecule has 3 nitrogen and oxygen atoms in total. The molecule has 0 radical (unpaired) electrons. The summed E-state index contributed by atoms with van der Waals surface area (Å²) in [5, 5.41) is 3.32. The van der Waals surface area contributed by atoms with E-state index in [1.54, 1.807) is 12.4 Å². The molecule has 1 aromatic carbocycles. The van der Waals surface area contributed by atoms with Crippen LogP contribution in [0.1, 0.15) is 0 Å². The average molecular weight is 231 g/mol. The van der Waals surface area contributed by atoms with Gasteiger partial charge in [0.2, 0.25) is 0 Å². The Kier molecular flexibility index (Phi) is 1.83. The summed E-state index contributed by atoms with van der Waals surface area (Å²) in [6, 6.07) is 14.2. The van der Waals surface area contributed by atoms with Gasteiger partial charge in [0.1, 0.15) is 0 Å². The first kappa shape index (κ1) is 9.48. The molecule has 0 saturated heterocycles. The van der Waals surface area contributed by atoms with Crippen LogP contribution in [0, 0.1) is 0 Å². The van der Waals surface area contributed by atoms with Gasteiger partial charge in [-0.2, -0.15) is 0 Å². The molecule has 0 aliphatic heterocycles. The fourth-order valence-electron chi connectivity index (χ4n) is 2.24. The largest absolute Gasteiger partial charge is 0.256 e. The Labute approximate surface area is 103 Å². The summed E-state index contributed by atoms with van der Waals surface area (Å²) in [5.74, 6) is 0. The van der Waals surface area contributed by atoms with E-state index in [0.717, 1.165) is 32.8 Å². The third kappa shape index (κ3) is 1.34. The standard InChI is InChI=1S/C15H9N3/c1-3-10-7-12-8-11-4-2-6-17-15(11)18-14(12)9-13(10)16-5-1/h1-9H. The molecular weight excluding hydrogens is 222 g/mol. The molecule has 0 atom stereocenters. The van der Waals surface area contributed by atoms with Crippen LogP contribution in [0.15, 0.2) is 54.9 Å². The minimum Gasteiger partial charge on any atom is -0.256 e. The minimum atomic E-state index is 0.778. The van der Waals surface area contributed by atoms with Crippen LogP contribution in [0.25, 0.3) is 32.8 Å². The normalized spacial score (nSPS) is 11.3. The summed E-state index contributed by atoms with van der Waals surface area (Å²) in [4.78, 5) is 13.2. The lowest BCUT2D eigenvalue weighted by Gasteiger charge is -2.02. The quantitative estimate of drug-likeness (QED) is 0.436. The summed E-state index contributed by atoms with van der Waals surface area (Å²) < 4.78 is 0. The first-order chi connectivity index (χ1) is 8.90. The van der Waals surface area contributed by atoms with Gasteiger partial charge in [-0.05, 0) is 36.4 Å². The number of pyridine rings is 3. The van der Waals surface area contributed by atoms with Crippen molar-refractivity contribution < 1.29 is 0 Å². The zero-order valence-electron chi connectivity index (χ0n) is 9.54. The summed E-state index contributed by atoms with van der Waals surface area (Å²) in [7, 11) is 0. The number of fused-ring (bicyclic) bond motifs is 3. The Morgan fingerprint density at radius 2 is 1.44 bits per heavy atom. The number of benzene rings is 1. The predicted molar refractivity (Wildman–Crippen MR) is 72.3 cm³/mol. The molecule has 18 heavy (non-hydrogen) atoms. The molecule has 0 bridgehead atoms. The Balaban J connectivity index is 2.20. The fourth-order valence-corrected chi connectivity index (χ4v) is 2.24. The first-order valence-corrected chi connectivity index (χ1v) is 5.80. The van der Waals surface area contributed by atoms with E-state index in [2.05, 4.69) is 33.2 Å². The zero-order chi connectivity index (χ0) is 11.9. The fraction of sp³-hybridized carbons (Fsp3) is 0. The maximum atomic E-state index is 4.58. The number of nitrogens with zero attached hydrogens (tertiary/aromatic N) is 3. The zero-order valence-corrected chi connectivity index (χ0v) is 9.54. The van der Waals surface area contributed by atoms with Gasteiger partial charge in [-0.3, -0.25) is 4.98 Å². The molecule has 3 heteroatoms. The summed E-state index contributed by atoms with van der Waals surface area (Å²) >= 11 is 0. The van der Waals surface area contributed by atoms with E-state index < -0.39 is 0 Å². The highest BCUT2D eigenvalue weighted by atomic mass is 14.8. The van der Waals surface area contributed by atoms with Crippen molar-refractivity contribution in [2.24, 2.45) is 0 Å². The van der Waals surface area contributed by atoms with Crippen LogP contribution in [0.5, 0.6) is 0 Å². The van der Waals surface area contributed by atoms with Crippen LogP contribution in [0.4, 0.5) is 0 Å². The van der Waals surface area contributed by atoms with Crippen LogP contribution in [0.2, 0.25) is 0 Å². The lowest BCUT2D eigenvalue weighted by Crippen LogP contribution is -1.86. The summed E-state index contributed by atoms with van der Waals surface area (Å²) in [5.41, 5.74) is 2.68.